The Hall–Kier alpha value is -1.92. The monoisotopic (exact) mass is 293 g/mol. The Morgan fingerprint density at radius 1 is 1.38 bits per heavy atom. The smallest absolute Gasteiger partial charge is 0.224 e. The van der Waals surface area contributed by atoms with Crippen molar-refractivity contribution >= 4 is 11.8 Å². The third-order valence-corrected chi connectivity index (χ3v) is 3.82. The van der Waals surface area contributed by atoms with Crippen molar-refractivity contribution in [3.63, 3.8) is 0 Å². The maximum absolute atomic E-state index is 12.2. The Bertz CT molecular complexity index is 525. The molecular formula is C14H23N5O2. The maximum Gasteiger partial charge on any atom is 0.224 e. The molecule has 7 heteroatoms. The molecule has 1 saturated heterocycles. The quantitative estimate of drug-likeness (QED) is 0.864. The first-order valence-corrected chi connectivity index (χ1v) is 7.38. The van der Waals surface area contributed by atoms with Gasteiger partial charge in [0.25, 0.3) is 0 Å². The predicted molar refractivity (Wildman–Crippen MR) is 77.5 cm³/mol. The molecule has 1 atom stereocenters. The van der Waals surface area contributed by atoms with Crippen molar-refractivity contribution in [3.05, 3.63) is 11.6 Å². The van der Waals surface area contributed by atoms with Crippen LogP contribution in [0.3, 0.4) is 0 Å². The number of hydrogen-bond donors (Lipinski definition) is 1. The molecular weight excluding hydrogens is 270 g/mol. The van der Waals surface area contributed by atoms with Crippen LogP contribution in [0.5, 0.6) is 0 Å². The molecule has 2 rings (SSSR count). The van der Waals surface area contributed by atoms with Gasteiger partial charge in [0.05, 0.1) is 12.5 Å². The van der Waals surface area contributed by atoms with Crippen LogP contribution in [0.25, 0.3) is 0 Å². The molecule has 0 bridgehead atoms. The molecule has 1 unspecified atom stereocenters. The van der Waals surface area contributed by atoms with Gasteiger partial charge in [0.2, 0.25) is 11.8 Å². The SMILES string of the molecule is CC(=O)N1CCCC(C(=O)NCCn2nc(C)nc2C)C1. The second kappa shape index (κ2) is 6.69. The largest absolute Gasteiger partial charge is 0.354 e. The van der Waals surface area contributed by atoms with Crippen LogP contribution in [0, 0.1) is 19.8 Å². The van der Waals surface area contributed by atoms with E-state index >= 15 is 0 Å². The van der Waals surface area contributed by atoms with Crippen molar-refractivity contribution in [2.24, 2.45) is 5.92 Å². The van der Waals surface area contributed by atoms with E-state index in [1.165, 1.54) is 0 Å². The van der Waals surface area contributed by atoms with E-state index in [9.17, 15) is 9.59 Å². The second-order valence-electron chi connectivity index (χ2n) is 5.52. The molecule has 0 spiro atoms. The Morgan fingerprint density at radius 2 is 2.14 bits per heavy atom. The molecule has 21 heavy (non-hydrogen) atoms. The third-order valence-electron chi connectivity index (χ3n) is 3.82. The lowest BCUT2D eigenvalue weighted by Crippen LogP contribution is -2.45. The minimum atomic E-state index is -0.0961. The molecule has 0 saturated carbocycles. The van der Waals surface area contributed by atoms with Gasteiger partial charge in [0, 0.05) is 26.6 Å². The van der Waals surface area contributed by atoms with Crippen LogP contribution in [0.4, 0.5) is 0 Å². The lowest BCUT2D eigenvalue weighted by Gasteiger charge is -2.31. The molecule has 2 heterocycles. The minimum absolute atomic E-state index is 0.0236. The molecule has 1 N–H and O–H groups in total. The van der Waals surface area contributed by atoms with Crippen molar-refractivity contribution in [3.8, 4) is 0 Å². The number of nitrogens with one attached hydrogen (secondary N) is 1. The molecule has 1 fully saturated rings. The van der Waals surface area contributed by atoms with Gasteiger partial charge < -0.3 is 10.2 Å². The fourth-order valence-corrected chi connectivity index (χ4v) is 2.68. The van der Waals surface area contributed by atoms with Crippen LogP contribution < -0.4 is 5.32 Å². The van der Waals surface area contributed by atoms with Crippen LogP contribution in [-0.4, -0.2) is 51.1 Å². The number of piperidine rings is 1. The molecule has 1 aromatic rings. The number of carbonyl (C=O) groups is 2. The Morgan fingerprint density at radius 3 is 2.76 bits per heavy atom. The average Bonchev–Trinajstić information content (AvgIpc) is 2.77. The normalized spacial score (nSPS) is 18.6. The third kappa shape index (κ3) is 4.03. The highest BCUT2D eigenvalue weighted by atomic mass is 16.2. The first-order chi connectivity index (χ1) is 9.97. The first-order valence-electron chi connectivity index (χ1n) is 7.38. The standard InChI is InChI=1S/C14H23N5O2/c1-10-16-11(2)19(17-10)8-6-15-14(21)13-5-4-7-18(9-13)12(3)20/h13H,4-9H2,1-3H3,(H,15,21). The van der Waals surface area contributed by atoms with Crippen molar-refractivity contribution in [1.29, 1.82) is 0 Å². The predicted octanol–water partition coefficient (Wildman–Crippen LogP) is 0.270. The number of aryl methyl sites for hydroxylation is 2. The molecule has 0 aliphatic carbocycles. The van der Waals surface area contributed by atoms with Crippen LogP contribution in [0.1, 0.15) is 31.4 Å². The van der Waals surface area contributed by atoms with Gasteiger partial charge in [0.1, 0.15) is 11.6 Å². The van der Waals surface area contributed by atoms with Crippen LogP contribution in [0.2, 0.25) is 0 Å². The summed E-state index contributed by atoms with van der Waals surface area (Å²) in [5, 5.41) is 7.19. The zero-order valence-electron chi connectivity index (χ0n) is 12.9. The zero-order chi connectivity index (χ0) is 15.4. The summed E-state index contributed by atoms with van der Waals surface area (Å²) in [6.45, 7) is 7.73. The average molecular weight is 293 g/mol. The summed E-state index contributed by atoms with van der Waals surface area (Å²) >= 11 is 0. The van der Waals surface area contributed by atoms with E-state index in [-0.39, 0.29) is 17.7 Å². The zero-order valence-corrected chi connectivity index (χ0v) is 12.9. The number of likely N-dealkylation sites (tertiary alicyclic amines) is 1. The summed E-state index contributed by atoms with van der Waals surface area (Å²) in [5.74, 6) is 1.56. The van der Waals surface area contributed by atoms with E-state index in [0.717, 1.165) is 31.0 Å². The first kappa shape index (κ1) is 15.5. The van der Waals surface area contributed by atoms with E-state index in [2.05, 4.69) is 15.4 Å². The summed E-state index contributed by atoms with van der Waals surface area (Å²) in [6.07, 6.45) is 1.73. The van der Waals surface area contributed by atoms with Gasteiger partial charge in [-0.1, -0.05) is 0 Å². The summed E-state index contributed by atoms with van der Waals surface area (Å²) in [7, 11) is 0. The summed E-state index contributed by atoms with van der Waals surface area (Å²) in [4.78, 5) is 29.5. The number of hydrogen-bond acceptors (Lipinski definition) is 4. The van der Waals surface area contributed by atoms with E-state index in [1.807, 2.05) is 13.8 Å². The van der Waals surface area contributed by atoms with Gasteiger partial charge >= 0.3 is 0 Å². The van der Waals surface area contributed by atoms with Crippen molar-refractivity contribution < 1.29 is 9.59 Å². The Balaban J connectivity index is 1.79. The summed E-state index contributed by atoms with van der Waals surface area (Å²) < 4.78 is 1.79. The van der Waals surface area contributed by atoms with Gasteiger partial charge in [-0.05, 0) is 26.7 Å². The fourth-order valence-electron chi connectivity index (χ4n) is 2.68. The van der Waals surface area contributed by atoms with Crippen molar-refractivity contribution in [1.82, 2.24) is 25.0 Å². The van der Waals surface area contributed by atoms with E-state index in [4.69, 9.17) is 0 Å². The van der Waals surface area contributed by atoms with Gasteiger partial charge in [-0.3, -0.25) is 9.59 Å². The van der Waals surface area contributed by atoms with Gasteiger partial charge in [-0.2, -0.15) is 5.10 Å². The van der Waals surface area contributed by atoms with Crippen LogP contribution in [0.15, 0.2) is 0 Å². The van der Waals surface area contributed by atoms with Gasteiger partial charge in [0.15, 0.2) is 0 Å². The maximum atomic E-state index is 12.2. The number of amides is 2. The summed E-state index contributed by atoms with van der Waals surface area (Å²) in [5.41, 5.74) is 0. The van der Waals surface area contributed by atoms with Crippen LogP contribution >= 0.6 is 0 Å². The van der Waals surface area contributed by atoms with Crippen LogP contribution in [-0.2, 0) is 16.1 Å². The fraction of sp³-hybridized carbons (Fsp3) is 0.714. The molecule has 116 valence electrons. The highest BCUT2D eigenvalue weighted by molar-refractivity contribution is 5.80. The van der Waals surface area contributed by atoms with Gasteiger partial charge in [-0.15, -0.1) is 0 Å². The number of rotatable bonds is 4. The van der Waals surface area contributed by atoms with E-state index < -0.39 is 0 Å². The van der Waals surface area contributed by atoms with Crippen molar-refractivity contribution in [2.75, 3.05) is 19.6 Å². The number of aromatic nitrogens is 3. The molecule has 1 aromatic heterocycles. The number of nitrogens with zero attached hydrogens (tertiary/aromatic N) is 4. The lowest BCUT2D eigenvalue weighted by molar-refractivity contribution is -0.133. The molecule has 2 amide bonds. The van der Waals surface area contributed by atoms with Gasteiger partial charge in [-0.25, -0.2) is 9.67 Å². The molecule has 1 aliphatic rings. The topological polar surface area (TPSA) is 80.1 Å². The Labute approximate surface area is 124 Å². The molecule has 1 aliphatic heterocycles. The molecule has 0 aromatic carbocycles. The number of carbonyl (C=O) groups excluding carboxylic acids is 2. The molecule has 0 radical (unpaired) electrons. The minimum Gasteiger partial charge on any atom is -0.354 e. The highest BCUT2D eigenvalue weighted by Crippen LogP contribution is 2.16. The Kier molecular flexibility index (Phi) is 4.93. The highest BCUT2D eigenvalue weighted by Gasteiger charge is 2.26. The lowest BCUT2D eigenvalue weighted by atomic mass is 9.97. The molecule has 7 nitrogen and oxygen atoms in total. The van der Waals surface area contributed by atoms with E-state index in [1.54, 1.807) is 16.5 Å². The van der Waals surface area contributed by atoms with E-state index in [0.29, 0.717) is 19.6 Å². The van der Waals surface area contributed by atoms with Crippen molar-refractivity contribution in [2.45, 2.75) is 40.2 Å². The summed E-state index contributed by atoms with van der Waals surface area (Å²) in [6, 6.07) is 0. The second-order valence-corrected chi connectivity index (χ2v) is 5.52.